The fourth-order valence-corrected chi connectivity index (χ4v) is 2.86. The molecule has 0 heterocycles. The van der Waals surface area contributed by atoms with Crippen LogP contribution in [0, 0.1) is 0 Å². The molecule has 2 aromatic carbocycles. The van der Waals surface area contributed by atoms with E-state index in [-0.39, 0.29) is 0 Å². The number of ether oxygens (including phenoxy) is 2. The average Bonchev–Trinajstić information content (AvgIpc) is 2.60. The summed E-state index contributed by atoms with van der Waals surface area (Å²) >= 11 is 0. The molecule has 0 aliphatic rings. The fraction of sp³-hybridized carbons (Fsp3) is 0.400. The number of aryl methyl sites for hydroxylation is 1. The lowest BCUT2D eigenvalue weighted by molar-refractivity contribution is 0.340. The minimum absolute atomic E-state index is 0.309. The molecule has 0 spiro atoms. The molecular weight excluding hydrogens is 286 g/mol. The van der Waals surface area contributed by atoms with Crippen LogP contribution in [0.5, 0.6) is 11.5 Å². The Bertz CT molecular complexity index is 608. The van der Waals surface area contributed by atoms with Crippen molar-refractivity contribution >= 4 is 0 Å². The third-order valence-corrected chi connectivity index (χ3v) is 4.15. The van der Waals surface area contributed by atoms with Crippen molar-refractivity contribution in [3.8, 4) is 11.5 Å². The zero-order valence-electron chi connectivity index (χ0n) is 14.3. The summed E-state index contributed by atoms with van der Waals surface area (Å²) < 4.78 is 10.9. The smallest absolute Gasteiger partial charge is 0.122 e. The highest BCUT2D eigenvalue weighted by Gasteiger charge is 2.12. The van der Waals surface area contributed by atoms with E-state index in [1.54, 1.807) is 7.11 Å². The first-order chi connectivity index (χ1) is 11.2. The van der Waals surface area contributed by atoms with Gasteiger partial charge in [0, 0.05) is 5.92 Å². The number of methoxy groups -OCH3 is 1. The van der Waals surface area contributed by atoms with Gasteiger partial charge < -0.3 is 15.2 Å². The molecule has 0 saturated carbocycles. The quantitative estimate of drug-likeness (QED) is 0.803. The highest BCUT2D eigenvalue weighted by Crippen LogP contribution is 2.26. The van der Waals surface area contributed by atoms with Gasteiger partial charge in [0.25, 0.3) is 0 Å². The molecule has 0 aliphatic heterocycles. The van der Waals surface area contributed by atoms with Crippen LogP contribution >= 0.6 is 0 Å². The van der Waals surface area contributed by atoms with E-state index >= 15 is 0 Å². The van der Waals surface area contributed by atoms with E-state index in [0.717, 1.165) is 24.3 Å². The van der Waals surface area contributed by atoms with Crippen molar-refractivity contribution in [2.75, 3.05) is 20.3 Å². The summed E-state index contributed by atoms with van der Waals surface area (Å²) in [6.07, 6.45) is 1.90. The van der Waals surface area contributed by atoms with E-state index < -0.39 is 0 Å². The largest absolute Gasteiger partial charge is 0.496 e. The van der Waals surface area contributed by atoms with E-state index in [1.165, 1.54) is 16.7 Å². The Labute approximate surface area is 139 Å². The summed E-state index contributed by atoms with van der Waals surface area (Å²) in [5.41, 5.74) is 9.82. The van der Waals surface area contributed by atoms with Crippen molar-refractivity contribution in [2.24, 2.45) is 5.73 Å². The van der Waals surface area contributed by atoms with E-state index in [9.17, 15) is 0 Å². The lowest BCUT2D eigenvalue weighted by atomic mass is 9.91. The first kappa shape index (κ1) is 17.4. The molecule has 3 heteroatoms. The SMILES string of the molecule is CCOc1ccc(C(CN)Cc2ccc(OC)c(CC)c2)cc1. The van der Waals surface area contributed by atoms with Gasteiger partial charge in [-0.1, -0.05) is 31.2 Å². The van der Waals surface area contributed by atoms with Crippen LogP contribution < -0.4 is 15.2 Å². The molecule has 2 aromatic rings. The summed E-state index contributed by atoms with van der Waals surface area (Å²) in [6.45, 7) is 5.45. The maximum atomic E-state index is 6.02. The fourth-order valence-electron chi connectivity index (χ4n) is 2.86. The van der Waals surface area contributed by atoms with E-state index in [1.807, 2.05) is 19.1 Å². The van der Waals surface area contributed by atoms with Crippen LogP contribution in [0.3, 0.4) is 0 Å². The summed E-state index contributed by atoms with van der Waals surface area (Å²) in [7, 11) is 1.72. The highest BCUT2D eigenvalue weighted by atomic mass is 16.5. The number of benzene rings is 2. The van der Waals surface area contributed by atoms with Crippen LogP contribution in [0.4, 0.5) is 0 Å². The lowest BCUT2D eigenvalue weighted by Crippen LogP contribution is -2.15. The standard InChI is InChI=1S/C20H27NO2/c1-4-16-12-15(6-11-20(16)22-3)13-18(14-21)17-7-9-19(10-8-17)23-5-2/h6-12,18H,4-5,13-14,21H2,1-3H3. The molecule has 23 heavy (non-hydrogen) atoms. The first-order valence-electron chi connectivity index (χ1n) is 8.30. The number of hydrogen-bond acceptors (Lipinski definition) is 3. The van der Waals surface area contributed by atoms with Crippen LogP contribution in [0.2, 0.25) is 0 Å². The number of hydrogen-bond donors (Lipinski definition) is 1. The second-order valence-electron chi connectivity index (χ2n) is 5.64. The monoisotopic (exact) mass is 313 g/mol. The molecule has 3 nitrogen and oxygen atoms in total. The van der Waals surface area contributed by atoms with Crippen molar-refractivity contribution in [2.45, 2.75) is 32.6 Å². The second-order valence-corrected chi connectivity index (χ2v) is 5.64. The Morgan fingerprint density at radius 1 is 1.04 bits per heavy atom. The Kier molecular flexibility index (Phi) is 6.48. The van der Waals surface area contributed by atoms with Crippen molar-refractivity contribution in [1.29, 1.82) is 0 Å². The summed E-state index contributed by atoms with van der Waals surface area (Å²) in [5, 5.41) is 0. The number of nitrogens with two attached hydrogens (primary N) is 1. The maximum absolute atomic E-state index is 6.02. The average molecular weight is 313 g/mol. The minimum Gasteiger partial charge on any atom is -0.496 e. The molecule has 0 saturated heterocycles. The normalized spacial score (nSPS) is 12.0. The Morgan fingerprint density at radius 3 is 2.35 bits per heavy atom. The molecule has 0 aromatic heterocycles. The van der Waals surface area contributed by atoms with Crippen molar-refractivity contribution in [1.82, 2.24) is 0 Å². The van der Waals surface area contributed by atoms with Crippen LogP contribution in [0.15, 0.2) is 42.5 Å². The predicted molar refractivity (Wildman–Crippen MR) is 95.5 cm³/mol. The zero-order chi connectivity index (χ0) is 16.7. The van der Waals surface area contributed by atoms with E-state index in [2.05, 4.69) is 37.3 Å². The van der Waals surface area contributed by atoms with Crippen LogP contribution in [-0.2, 0) is 12.8 Å². The molecule has 0 amide bonds. The molecule has 0 aliphatic carbocycles. The molecule has 1 unspecified atom stereocenters. The summed E-state index contributed by atoms with van der Waals surface area (Å²) in [6, 6.07) is 14.7. The lowest BCUT2D eigenvalue weighted by Gasteiger charge is -2.17. The molecule has 0 bridgehead atoms. The van der Waals surface area contributed by atoms with Gasteiger partial charge in [-0.3, -0.25) is 0 Å². The third-order valence-electron chi connectivity index (χ3n) is 4.15. The van der Waals surface area contributed by atoms with Gasteiger partial charge in [-0.15, -0.1) is 0 Å². The zero-order valence-corrected chi connectivity index (χ0v) is 14.3. The van der Waals surface area contributed by atoms with Gasteiger partial charge in [-0.2, -0.15) is 0 Å². The molecule has 0 fully saturated rings. The van der Waals surface area contributed by atoms with Gasteiger partial charge in [-0.25, -0.2) is 0 Å². The van der Waals surface area contributed by atoms with Gasteiger partial charge >= 0.3 is 0 Å². The van der Waals surface area contributed by atoms with Crippen LogP contribution in [-0.4, -0.2) is 20.3 Å². The molecular formula is C20H27NO2. The van der Waals surface area contributed by atoms with Crippen molar-refractivity contribution in [3.05, 3.63) is 59.2 Å². The van der Waals surface area contributed by atoms with Crippen molar-refractivity contribution < 1.29 is 9.47 Å². The topological polar surface area (TPSA) is 44.5 Å². The number of rotatable bonds is 8. The highest BCUT2D eigenvalue weighted by molar-refractivity contribution is 5.38. The van der Waals surface area contributed by atoms with Crippen LogP contribution in [0.1, 0.15) is 36.5 Å². The van der Waals surface area contributed by atoms with Gasteiger partial charge in [0.05, 0.1) is 13.7 Å². The molecule has 2 N–H and O–H groups in total. The van der Waals surface area contributed by atoms with Gasteiger partial charge in [0.15, 0.2) is 0 Å². The van der Waals surface area contributed by atoms with Gasteiger partial charge in [0.1, 0.15) is 11.5 Å². The van der Waals surface area contributed by atoms with E-state index in [0.29, 0.717) is 19.1 Å². The van der Waals surface area contributed by atoms with Gasteiger partial charge in [-0.05, 0) is 61.2 Å². The molecule has 1 atom stereocenters. The molecule has 0 radical (unpaired) electrons. The molecule has 124 valence electrons. The summed E-state index contributed by atoms with van der Waals surface area (Å²) in [4.78, 5) is 0. The third kappa shape index (κ3) is 4.49. The van der Waals surface area contributed by atoms with E-state index in [4.69, 9.17) is 15.2 Å². The Hall–Kier alpha value is -2.00. The Morgan fingerprint density at radius 2 is 1.78 bits per heavy atom. The summed E-state index contributed by atoms with van der Waals surface area (Å²) in [5.74, 6) is 2.18. The minimum atomic E-state index is 0.309. The first-order valence-corrected chi connectivity index (χ1v) is 8.30. The second kappa shape index (κ2) is 8.59. The Balaban J connectivity index is 2.15. The van der Waals surface area contributed by atoms with Crippen LogP contribution in [0.25, 0.3) is 0 Å². The van der Waals surface area contributed by atoms with Crippen molar-refractivity contribution in [3.63, 3.8) is 0 Å². The predicted octanol–water partition coefficient (Wildman–Crippen LogP) is 3.94. The maximum Gasteiger partial charge on any atom is 0.122 e. The molecule has 2 rings (SSSR count). The van der Waals surface area contributed by atoms with Gasteiger partial charge in [0.2, 0.25) is 0 Å².